The summed E-state index contributed by atoms with van der Waals surface area (Å²) < 4.78 is 0. The zero-order chi connectivity index (χ0) is 29.5. The van der Waals surface area contributed by atoms with Gasteiger partial charge in [-0.2, -0.15) is 0 Å². The van der Waals surface area contributed by atoms with E-state index in [2.05, 4.69) is 133 Å². The van der Waals surface area contributed by atoms with E-state index in [9.17, 15) is 0 Å². The van der Waals surface area contributed by atoms with Gasteiger partial charge in [0, 0.05) is 23.1 Å². The molecule has 0 amide bonds. The van der Waals surface area contributed by atoms with Crippen LogP contribution in [0.4, 0.5) is 5.69 Å². The lowest BCUT2D eigenvalue weighted by atomic mass is 10.0. The molecule has 0 N–H and O–H groups in total. The van der Waals surface area contributed by atoms with Gasteiger partial charge in [-0.1, -0.05) is 113 Å². The maximum atomic E-state index is 5.40. The second kappa shape index (κ2) is 11.4. The van der Waals surface area contributed by atoms with Crippen LogP contribution in [0.3, 0.4) is 0 Å². The van der Waals surface area contributed by atoms with Crippen LogP contribution in [0.15, 0.2) is 94.9 Å². The first-order valence-electron chi connectivity index (χ1n) is 14.9. The molecule has 3 heteroatoms. The second-order valence-corrected chi connectivity index (χ2v) is 14.3. The van der Waals surface area contributed by atoms with Gasteiger partial charge in [0.05, 0.1) is 17.1 Å². The van der Waals surface area contributed by atoms with Crippen LogP contribution >= 0.6 is 7.92 Å². The van der Waals surface area contributed by atoms with Gasteiger partial charge in [-0.3, -0.25) is 4.99 Å². The number of hydrogen-bond donors (Lipinski definition) is 0. The van der Waals surface area contributed by atoms with Crippen LogP contribution in [-0.2, 0) is 0 Å². The Kier molecular flexibility index (Phi) is 7.69. The SMILES string of the molecule is Cc1cc(C)cc(P(CCN=C2C(=Nc3c(C)cc(C)cc3C)c3cccc4cccc2c34)c2cc(C)cc(C)c2)c1. The molecule has 0 aliphatic heterocycles. The summed E-state index contributed by atoms with van der Waals surface area (Å²) in [5.74, 6) is 0. The number of benzene rings is 5. The fourth-order valence-corrected chi connectivity index (χ4v) is 9.16. The van der Waals surface area contributed by atoms with Gasteiger partial charge < -0.3 is 0 Å². The van der Waals surface area contributed by atoms with E-state index in [1.54, 1.807) is 0 Å². The van der Waals surface area contributed by atoms with E-state index < -0.39 is 7.92 Å². The van der Waals surface area contributed by atoms with Crippen LogP contribution in [-0.4, -0.2) is 24.1 Å². The Morgan fingerprint density at radius 3 is 1.55 bits per heavy atom. The molecular weight excluding hydrogens is 527 g/mol. The van der Waals surface area contributed by atoms with Crippen LogP contribution in [0.2, 0.25) is 0 Å². The van der Waals surface area contributed by atoms with Gasteiger partial charge in [-0.25, -0.2) is 4.99 Å². The third kappa shape index (κ3) is 5.49. The first kappa shape index (κ1) is 28.3. The van der Waals surface area contributed by atoms with Crippen molar-refractivity contribution in [2.24, 2.45) is 9.98 Å². The molecule has 210 valence electrons. The summed E-state index contributed by atoms with van der Waals surface area (Å²) in [6, 6.07) is 31.7. The maximum Gasteiger partial charge on any atom is 0.0974 e. The molecule has 0 atom stereocenters. The van der Waals surface area contributed by atoms with Gasteiger partial charge in [0.15, 0.2) is 0 Å². The summed E-state index contributed by atoms with van der Waals surface area (Å²) >= 11 is 0. The molecule has 1 aliphatic carbocycles. The molecule has 0 heterocycles. The largest absolute Gasteiger partial charge is 0.282 e. The average molecular weight is 567 g/mol. The quantitative estimate of drug-likeness (QED) is 0.183. The van der Waals surface area contributed by atoms with E-state index in [0.717, 1.165) is 29.8 Å². The van der Waals surface area contributed by atoms with Crippen molar-refractivity contribution < 1.29 is 0 Å². The fourth-order valence-electron chi connectivity index (χ4n) is 6.61. The summed E-state index contributed by atoms with van der Waals surface area (Å²) in [6.45, 7) is 16.1. The minimum absolute atomic E-state index is 0.562. The first-order valence-corrected chi connectivity index (χ1v) is 16.4. The summed E-state index contributed by atoms with van der Waals surface area (Å²) in [5, 5.41) is 5.38. The van der Waals surface area contributed by atoms with E-state index in [4.69, 9.17) is 9.98 Å². The average Bonchev–Trinajstić information content (AvgIpc) is 3.21. The molecule has 5 aromatic rings. The minimum atomic E-state index is -0.562. The Bertz CT molecular complexity index is 1790. The smallest absolute Gasteiger partial charge is 0.0974 e. The molecule has 0 aromatic heterocycles. The van der Waals surface area contributed by atoms with E-state index in [1.807, 2.05) is 0 Å². The molecule has 0 spiro atoms. The van der Waals surface area contributed by atoms with E-state index in [1.165, 1.54) is 71.5 Å². The third-order valence-corrected chi connectivity index (χ3v) is 10.5. The zero-order valence-electron chi connectivity index (χ0n) is 25.8. The third-order valence-electron chi connectivity index (χ3n) is 8.13. The van der Waals surface area contributed by atoms with Crippen LogP contribution < -0.4 is 10.6 Å². The van der Waals surface area contributed by atoms with Gasteiger partial charge >= 0.3 is 0 Å². The van der Waals surface area contributed by atoms with Crippen molar-refractivity contribution in [3.63, 3.8) is 0 Å². The highest BCUT2D eigenvalue weighted by Gasteiger charge is 2.27. The number of rotatable bonds is 6. The van der Waals surface area contributed by atoms with Crippen molar-refractivity contribution in [1.82, 2.24) is 0 Å². The highest BCUT2D eigenvalue weighted by molar-refractivity contribution is 7.73. The molecule has 0 saturated heterocycles. The van der Waals surface area contributed by atoms with Crippen molar-refractivity contribution in [3.8, 4) is 0 Å². The highest BCUT2D eigenvalue weighted by Crippen LogP contribution is 2.37. The molecule has 6 rings (SSSR count). The zero-order valence-corrected chi connectivity index (χ0v) is 26.7. The van der Waals surface area contributed by atoms with Crippen LogP contribution in [0.1, 0.15) is 50.1 Å². The Labute approximate surface area is 252 Å². The number of nitrogens with zero attached hydrogens (tertiary/aromatic N) is 2. The van der Waals surface area contributed by atoms with Crippen molar-refractivity contribution in [1.29, 1.82) is 0 Å². The fraction of sp³-hybridized carbons (Fsp3) is 0.231. The molecule has 0 fully saturated rings. The molecule has 0 unspecified atom stereocenters. The topological polar surface area (TPSA) is 24.7 Å². The lowest BCUT2D eigenvalue weighted by Crippen LogP contribution is -2.18. The molecule has 5 aromatic carbocycles. The second-order valence-electron chi connectivity index (χ2n) is 12.0. The first-order chi connectivity index (χ1) is 20.2. The van der Waals surface area contributed by atoms with E-state index in [0.29, 0.717) is 0 Å². The summed E-state index contributed by atoms with van der Waals surface area (Å²) in [5.41, 5.74) is 14.4. The van der Waals surface area contributed by atoms with Gasteiger partial charge in [-0.15, -0.1) is 0 Å². The predicted molar refractivity (Wildman–Crippen MR) is 185 cm³/mol. The Hall–Kier alpha value is -3.87. The summed E-state index contributed by atoms with van der Waals surface area (Å²) in [7, 11) is -0.562. The Balaban J connectivity index is 1.45. The number of hydrogen-bond acceptors (Lipinski definition) is 2. The van der Waals surface area contributed by atoms with Gasteiger partial charge in [0.1, 0.15) is 0 Å². The number of aryl methyl sites for hydroxylation is 7. The van der Waals surface area contributed by atoms with E-state index in [-0.39, 0.29) is 0 Å². The Morgan fingerprint density at radius 2 is 1.02 bits per heavy atom. The van der Waals surface area contributed by atoms with Crippen LogP contribution in [0.5, 0.6) is 0 Å². The van der Waals surface area contributed by atoms with Crippen molar-refractivity contribution in [2.75, 3.05) is 12.7 Å². The lowest BCUT2D eigenvalue weighted by Gasteiger charge is -2.20. The van der Waals surface area contributed by atoms with E-state index >= 15 is 0 Å². The Morgan fingerprint density at radius 1 is 0.548 bits per heavy atom. The normalized spacial score (nSPS) is 14.6. The molecule has 0 saturated carbocycles. The maximum absolute atomic E-state index is 5.40. The molecular formula is C39H39N2P. The van der Waals surface area contributed by atoms with Crippen LogP contribution in [0.25, 0.3) is 10.8 Å². The molecule has 42 heavy (non-hydrogen) atoms. The van der Waals surface area contributed by atoms with Gasteiger partial charge in [0.25, 0.3) is 0 Å². The predicted octanol–water partition coefficient (Wildman–Crippen LogP) is 9.06. The van der Waals surface area contributed by atoms with Crippen LogP contribution in [0, 0.1) is 48.5 Å². The summed E-state index contributed by atoms with van der Waals surface area (Å²) in [4.78, 5) is 10.8. The van der Waals surface area contributed by atoms with Crippen molar-refractivity contribution >= 4 is 46.4 Å². The molecule has 0 bridgehead atoms. The van der Waals surface area contributed by atoms with Crippen molar-refractivity contribution in [3.05, 3.63) is 135 Å². The standard InChI is InChI=1S/C39H39N2P/c1-24-16-25(2)21-32(20-24)42(33-22-26(3)17-27(4)23-33)15-14-40-38-34-12-8-10-31-11-9-13-35(36(31)34)39(38)41-37-29(6)18-28(5)19-30(37)7/h8-13,16-23H,14-15H2,1-7H3. The summed E-state index contributed by atoms with van der Waals surface area (Å²) in [6.07, 6.45) is 0.993. The monoisotopic (exact) mass is 566 g/mol. The minimum Gasteiger partial charge on any atom is -0.282 e. The molecule has 1 aliphatic rings. The van der Waals surface area contributed by atoms with Crippen molar-refractivity contribution in [2.45, 2.75) is 48.5 Å². The van der Waals surface area contributed by atoms with Gasteiger partial charge in [0.2, 0.25) is 0 Å². The number of aliphatic imine (C=N–C) groups is 2. The molecule has 2 nitrogen and oxygen atoms in total. The lowest BCUT2D eigenvalue weighted by molar-refractivity contribution is 1.14. The van der Waals surface area contributed by atoms with Gasteiger partial charge in [-0.05, 0) is 89.7 Å². The highest BCUT2D eigenvalue weighted by atomic mass is 31.1. The molecule has 0 radical (unpaired) electrons.